The molecule has 0 saturated heterocycles. The molecular weight excluding hydrogens is 356 g/mol. The van der Waals surface area contributed by atoms with E-state index < -0.39 is 0 Å². The number of benzene rings is 1. The molecule has 1 aromatic carbocycles. The standard InChI is InChI=1S/C15H12BrClN2O2/c16-11-2-4-13(5-3-11)20-6-1-7-21-14-8-12(10-18)19-15(17)9-14/h2-5,8-9H,1,6-7H2. The van der Waals surface area contributed by atoms with Gasteiger partial charge in [0.15, 0.2) is 0 Å². The Morgan fingerprint density at radius 3 is 2.43 bits per heavy atom. The fourth-order valence-electron chi connectivity index (χ4n) is 1.58. The second kappa shape index (κ2) is 7.87. The van der Waals surface area contributed by atoms with E-state index in [1.165, 1.54) is 0 Å². The highest BCUT2D eigenvalue weighted by Crippen LogP contribution is 2.18. The lowest BCUT2D eigenvalue weighted by molar-refractivity contribution is 0.247. The predicted octanol–water partition coefficient (Wildman–Crippen LogP) is 4.22. The van der Waals surface area contributed by atoms with Crippen molar-refractivity contribution in [1.29, 1.82) is 5.26 Å². The van der Waals surface area contributed by atoms with Crippen LogP contribution in [0.5, 0.6) is 11.5 Å². The monoisotopic (exact) mass is 366 g/mol. The van der Waals surface area contributed by atoms with Crippen molar-refractivity contribution >= 4 is 27.5 Å². The SMILES string of the molecule is N#Cc1cc(OCCCOc2ccc(Br)cc2)cc(Cl)n1. The summed E-state index contributed by atoms with van der Waals surface area (Å²) in [6.45, 7) is 1.02. The molecule has 2 aromatic rings. The fraction of sp³-hybridized carbons (Fsp3) is 0.200. The maximum absolute atomic E-state index is 8.79. The molecule has 1 heterocycles. The van der Waals surface area contributed by atoms with E-state index in [0.29, 0.717) is 19.0 Å². The number of nitrogens with zero attached hydrogens (tertiary/aromatic N) is 2. The van der Waals surface area contributed by atoms with Crippen LogP contribution in [-0.4, -0.2) is 18.2 Å². The minimum absolute atomic E-state index is 0.239. The number of halogens is 2. The first-order valence-electron chi connectivity index (χ1n) is 6.26. The molecule has 6 heteroatoms. The molecule has 0 amide bonds. The zero-order chi connectivity index (χ0) is 15.1. The van der Waals surface area contributed by atoms with Crippen molar-refractivity contribution in [2.75, 3.05) is 13.2 Å². The van der Waals surface area contributed by atoms with E-state index in [9.17, 15) is 0 Å². The highest BCUT2D eigenvalue weighted by molar-refractivity contribution is 9.10. The zero-order valence-corrected chi connectivity index (χ0v) is 13.4. The van der Waals surface area contributed by atoms with Gasteiger partial charge in [-0.3, -0.25) is 0 Å². The first kappa shape index (κ1) is 15.6. The molecule has 21 heavy (non-hydrogen) atoms. The molecule has 108 valence electrons. The molecule has 4 nitrogen and oxygen atoms in total. The Labute approximate surface area is 136 Å². The predicted molar refractivity (Wildman–Crippen MR) is 83.7 cm³/mol. The number of hydrogen-bond acceptors (Lipinski definition) is 4. The summed E-state index contributed by atoms with van der Waals surface area (Å²) in [5.41, 5.74) is 0.239. The van der Waals surface area contributed by atoms with Gasteiger partial charge < -0.3 is 9.47 Å². The highest BCUT2D eigenvalue weighted by Gasteiger charge is 2.02. The van der Waals surface area contributed by atoms with Gasteiger partial charge in [-0.2, -0.15) is 5.26 Å². The Morgan fingerprint density at radius 2 is 1.76 bits per heavy atom. The highest BCUT2D eigenvalue weighted by atomic mass is 79.9. The van der Waals surface area contributed by atoms with Crippen molar-refractivity contribution in [3.63, 3.8) is 0 Å². The topological polar surface area (TPSA) is 55.1 Å². The van der Waals surface area contributed by atoms with E-state index >= 15 is 0 Å². The van der Waals surface area contributed by atoms with Gasteiger partial charge in [0.05, 0.1) is 13.2 Å². The molecule has 0 radical (unpaired) electrons. The molecule has 0 unspecified atom stereocenters. The molecular formula is C15H12BrClN2O2. The summed E-state index contributed by atoms with van der Waals surface area (Å²) in [4.78, 5) is 3.84. The third-order valence-electron chi connectivity index (χ3n) is 2.52. The molecule has 1 aromatic heterocycles. The summed E-state index contributed by atoms with van der Waals surface area (Å²) in [6, 6.07) is 12.7. The van der Waals surface area contributed by atoms with Crippen LogP contribution >= 0.6 is 27.5 Å². The molecule has 2 rings (SSSR count). The van der Waals surface area contributed by atoms with Gasteiger partial charge in [-0.05, 0) is 24.3 Å². The largest absolute Gasteiger partial charge is 0.493 e. The van der Waals surface area contributed by atoms with Gasteiger partial charge >= 0.3 is 0 Å². The molecule has 0 aliphatic rings. The van der Waals surface area contributed by atoms with Crippen LogP contribution in [0.15, 0.2) is 40.9 Å². The van der Waals surface area contributed by atoms with Crippen LogP contribution in [0, 0.1) is 11.3 Å². The summed E-state index contributed by atoms with van der Waals surface area (Å²) in [5, 5.41) is 9.04. The maximum atomic E-state index is 8.79. The fourth-order valence-corrected chi connectivity index (χ4v) is 2.05. The minimum Gasteiger partial charge on any atom is -0.493 e. The van der Waals surface area contributed by atoms with Crippen molar-refractivity contribution in [1.82, 2.24) is 4.98 Å². The summed E-state index contributed by atoms with van der Waals surface area (Å²) in [5.74, 6) is 1.35. The molecule has 0 N–H and O–H groups in total. The first-order valence-corrected chi connectivity index (χ1v) is 7.43. The second-order valence-corrected chi connectivity index (χ2v) is 5.43. The van der Waals surface area contributed by atoms with Crippen LogP contribution in [0.4, 0.5) is 0 Å². The number of aromatic nitrogens is 1. The summed E-state index contributed by atoms with van der Waals surface area (Å²) in [7, 11) is 0. The van der Waals surface area contributed by atoms with Crippen LogP contribution in [0.25, 0.3) is 0 Å². The van der Waals surface area contributed by atoms with E-state index in [4.69, 9.17) is 26.3 Å². The molecule has 0 spiro atoms. The van der Waals surface area contributed by atoms with Crippen molar-refractivity contribution in [3.05, 3.63) is 51.7 Å². The third-order valence-corrected chi connectivity index (χ3v) is 3.24. The maximum Gasteiger partial charge on any atom is 0.145 e. The van der Waals surface area contributed by atoms with E-state index in [1.807, 2.05) is 30.3 Å². The number of pyridine rings is 1. The van der Waals surface area contributed by atoms with Crippen LogP contribution in [0.3, 0.4) is 0 Å². The average Bonchev–Trinajstić information content (AvgIpc) is 2.48. The zero-order valence-electron chi connectivity index (χ0n) is 11.1. The van der Waals surface area contributed by atoms with Gasteiger partial charge in [0.2, 0.25) is 0 Å². The van der Waals surface area contributed by atoms with Gasteiger partial charge in [0.25, 0.3) is 0 Å². The minimum atomic E-state index is 0.239. The van der Waals surface area contributed by atoms with E-state index in [1.54, 1.807) is 12.1 Å². The molecule has 0 aliphatic heterocycles. The van der Waals surface area contributed by atoms with Crippen LogP contribution in [0.1, 0.15) is 12.1 Å². The van der Waals surface area contributed by atoms with Crippen molar-refractivity contribution in [2.24, 2.45) is 0 Å². The molecule has 0 fully saturated rings. The van der Waals surface area contributed by atoms with E-state index in [-0.39, 0.29) is 10.8 Å². The van der Waals surface area contributed by atoms with E-state index in [0.717, 1.165) is 16.6 Å². The Bertz CT molecular complexity index is 641. The summed E-state index contributed by atoms with van der Waals surface area (Å²) in [6.07, 6.45) is 0.720. The first-order chi connectivity index (χ1) is 10.2. The summed E-state index contributed by atoms with van der Waals surface area (Å²) < 4.78 is 12.1. The van der Waals surface area contributed by atoms with Gasteiger partial charge in [-0.25, -0.2) is 4.98 Å². The van der Waals surface area contributed by atoms with Gasteiger partial charge in [-0.15, -0.1) is 0 Å². The lowest BCUT2D eigenvalue weighted by Crippen LogP contribution is -2.05. The van der Waals surface area contributed by atoms with Crippen LogP contribution < -0.4 is 9.47 Å². The molecule has 0 atom stereocenters. The van der Waals surface area contributed by atoms with E-state index in [2.05, 4.69) is 20.9 Å². The van der Waals surface area contributed by atoms with Crippen LogP contribution in [0.2, 0.25) is 5.15 Å². The normalized spacial score (nSPS) is 9.95. The summed E-state index contributed by atoms with van der Waals surface area (Å²) >= 11 is 9.16. The average molecular weight is 368 g/mol. The molecule has 0 bridgehead atoms. The lowest BCUT2D eigenvalue weighted by atomic mass is 10.3. The Morgan fingerprint density at radius 1 is 1.10 bits per heavy atom. The number of nitriles is 1. The van der Waals surface area contributed by atoms with Gasteiger partial charge in [-0.1, -0.05) is 27.5 Å². The second-order valence-electron chi connectivity index (χ2n) is 4.13. The number of ether oxygens (including phenoxy) is 2. The number of rotatable bonds is 6. The number of hydrogen-bond donors (Lipinski definition) is 0. The van der Waals surface area contributed by atoms with Gasteiger partial charge in [0, 0.05) is 23.0 Å². The Kier molecular flexibility index (Phi) is 5.85. The Hall–Kier alpha value is -1.77. The van der Waals surface area contributed by atoms with Crippen molar-refractivity contribution in [3.8, 4) is 17.6 Å². The van der Waals surface area contributed by atoms with Crippen molar-refractivity contribution < 1.29 is 9.47 Å². The quantitative estimate of drug-likeness (QED) is 0.567. The lowest BCUT2D eigenvalue weighted by Gasteiger charge is -2.08. The molecule has 0 aliphatic carbocycles. The third kappa shape index (κ3) is 5.25. The molecule has 0 saturated carbocycles. The smallest absolute Gasteiger partial charge is 0.145 e. The Balaban J connectivity index is 1.74. The van der Waals surface area contributed by atoms with Crippen LogP contribution in [-0.2, 0) is 0 Å². The van der Waals surface area contributed by atoms with Crippen molar-refractivity contribution in [2.45, 2.75) is 6.42 Å². The van der Waals surface area contributed by atoms with Gasteiger partial charge in [0.1, 0.15) is 28.4 Å².